The van der Waals surface area contributed by atoms with Crippen molar-refractivity contribution < 1.29 is 0 Å². The first-order valence-electron chi connectivity index (χ1n) is 5.16. The molecule has 0 fully saturated rings. The zero-order valence-electron chi connectivity index (χ0n) is 8.69. The van der Waals surface area contributed by atoms with E-state index < -0.39 is 0 Å². The fraction of sp³-hybridized carbons (Fsp3) is 0.0667. The third-order valence-corrected chi connectivity index (χ3v) is 2.47. The molecule has 2 aromatic carbocycles. The molecular formula is C15H15Na. The molecule has 0 saturated heterocycles. The maximum atomic E-state index is 3.79. The van der Waals surface area contributed by atoms with Gasteiger partial charge in [0.15, 0.2) is 0 Å². The zero-order chi connectivity index (χ0) is 10.5. The van der Waals surface area contributed by atoms with Crippen molar-refractivity contribution in [2.45, 2.75) is 6.42 Å². The van der Waals surface area contributed by atoms with Gasteiger partial charge in [0.2, 0.25) is 0 Å². The number of benzene rings is 2. The molecule has 2 rings (SSSR count). The van der Waals surface area contributed by atoms with Gasteiger partial charge in [-0.05, 0) is 23.1 Å². The summed E-state index contributed by atoms with van der Waals surface area (Å²) in [5, 5.41) is 0. The first-order chi connectivity index (χ1) is 7.42. The molecule has 2 aromatic rings. The molecule has 0 saturated carbocycles. The third kappa shape index (κ3) is 3.08. The standard InChI is InChI=1S/C15H14.Na.H/c1-2-8-13-11-6-7-12-15(13)14-9-4-3-5-10-14;;/h2-7,9-12H,1,8H2;;. The van der Waals surface area contributed by atoms with Crippen molar-refractivity contribution >= 4 is 29.6 Å². The van der Waals surface area contributed by atoms with E-state index >= 15 is 0 Å². The number of allylic oxidation sites excluding steroid dienone is 1. The van der Waals surface area contributed by atoms with Gasteiger partial charge in [-0.3, -0.25) is 0 Å². The molecule has 0 atom stereocenters. The van der Waals surface area contributed by atoms with Crippen molar-refractivity contribution in [3.8, 4) is 11.1 Å². The van der Waals surface area contributed by atoms with Gasteiger partial charge in [0.05, 0.1) is 0 Å². The predicted molar refractivity (Wildman–Crippen MR) is 72.9 cm³/mol. The Morgan fingerprint density at radius 2 is 1.50 bits per heavy atom. The van der Waals surface area contributed by atoms with Crippen molar-refractivity contribution in [1.29, 1.82) is 0 Å². The molecule has 0 aliphatic carbocycles. The molecule has 0 aromatic heterocycles. The van der Waals surface area contributed by atoms with Gasteiger partial charge in [-0.15, -0.1) is 6.58 Å². The molecule has 0 nitrogen and oxygen atoms in total. The van der Waals surface area contributed by atoms with E-state index in [4.69, 9.17) is 0 Å². The van der Waals surface area contributed by atoms with Crippen LogP contribution in [0.4, 0.5) is 0 Å². The molecule has 0 unspecified atom stereocenters. The number of hydrogen-bond acceptors (Lipinski definition) is 0. The maximum absolute atomic E-state index is 3.79. The van der Waals surface area contributed by atoms with Crippen LogP contribution in [0.2, 0.25) is 0 Å². The molecule has 0 amide bonds. The van der Waals surface area contributed by atoms with Gasteiger partial charge in [0.25, 0.3) is 0 Å². The predicted octanol–water partition coefficient (Wildman–Crippen LogP) is 3.43. The van der Waals surface area contributed by atoms with Gasteiger partial charge in [0.1, 0.15) is 0 Å². The molecule has 0 aliphatic rings. The summed E-state index contributed by atoms with van der Waals surface area (Å²) in [6, 6.07) is 18.9. The normalized spacial score (nSPS) is 9.25. The van der Waals surface area contributed by atoms with Crippen LogP contribution in [0.5, 0.6) is 0 Å². The average molecular weight is 218 g/mol. The van der Waals surface area contributed by atoms with Crippen LogP contribution in [-0.4, -0.2) is 29.6 Å². The third-order valence-electron chi connectivity index (χ3n) is 2.47. The van der Waals surface area contributed by atoms with Crippen LogP contribution in [0.1, 0.15) is 5.56 Å². The van der Waals surface area contributed by atoms with Gasteiger partial charge in [0, 0.05) is 0 Å². The molecule has 0 spiro atoms. The van der Waals surface area contributed by atoms with E-state index in [1.807, 2.05) is 12.1 Å². The molecule has 0 N–H and O–H groups in total. The first-order valence-corrected chi connectivity index (χ1v) is 5.16. The molecule has 16 heavy (non-hydrogen) atoms. The Balaban J connectivity index is 0.00000128. The van der Waals surface area contributed by atoms with Crippen LogP contribution in [0.3, 0.4) is 0 Å². The molecule has 0 bridgehead atoms. The van der Waals surface area contributed by atoms with Gasteiger partial charge >= 0.3 is 29.6 Å². The van der Waals surface area contributed by atoms with E-state index in [1.54, 1.807) is 0 Å². The van der Waals surface area contributed by atoms with Gasteiger partial charge in [-0.25, -0.2) is 0 Å². The summed E-state index contributed by atoms with van der Waals surface area (Å²) in [5.41, 5.74) is 3.91. The summed E-state index contributed by atoms with van der Waals surface area (Å²) in [6.07, 6.45) is 2.87. The van der Waals surface area contributed by atoms with E-state index in [2.05, 4.69) is 55.1 Å². The summed E-state index contributed by atoms with van der Waals surface area (Å²) >= 11 is 0. The summed E-state index contributed by atoms with van der Waals surface area (Å²) in [7, 11) is 0. The molecule has 0 radical (unpaired) electrons. The molecule has 0 aliphatic heterocycles. The van der Waals surface area contributed by atoms with Crippen LogP contribution < -0.4 is 0 Å². The SMILES string of the molecule is C=CCc1ccccc1-c1ccccc1.[NaH]. The Bertz CT molecular complexity index is 446. The van der Waals surface area contributed by atoms with E-state index in [9.17, 15) is 0 Å². The Morgan fingerprint density at radius 3 is 2.19 bits per heavy atom. The van der Waals surface area contributed by atoms with E-state index in [1.165, 1.54) is 16.7 Å². The molecule has 76 valence electrons. The van der Waals surface area contributed by atoms with Gasteiger partial charge in [-0.2, -0.15) is 0 Å². The summed E-state index contributed by atoms with van der Waals surface area (Å²) in [5.74, 6) is 0. The minimum absolute atomic E-state index is 0. The summed E-state index contributed by atoms with van der Waals surface area (Å²) in [4.78, 5) is 0. The quantitative estimate of drug-likeness (QED) is 0.547. The topological polar surface area (TPSA) is 0 Å². The molecule has 0 heterocycles. The van der Waals surface area contributed by atoms with E-state index in [0.717, 1.165) is 6.42 Å². The second-order valence-corrected chi connectivity index (χ2v) is 3.52. The Kier molecular flexibility index (Phi) is 5.54. The van der Waals surface area contributed by atoms with Crippen molar-refractivity contribution in [2.24, 2.45) is 0 Å². The van der Waals surface area contributed by atoms with E-state index in [-0.39, 0.29) is 29.6 Å². The average Bonchev–Trinajstić information content (AvgIpc) is 2.31. The van der Waals surface area contributed by atoms with Crippen LogP contribution in [0, 0.1) is 0 Å². The summed E-state index contributed by atoms with van der Waals surface area (Å²) in [6.45, 7) is 3.79. The fourth-order valence-electron chi connectivity index (χ4n) is 1.75. The second-order valence-electron chi connectivity index (χ2n) is 3.52. The Labute approximate surface area is 119 Å². The van der Waals surface area contributed by atoms with Crippen molar-refractivity contribution in [1.82, 2.24) is 0 Å². The van der Waals surface area contributed by atoms with Gasteiger partial charge < -0.3 is 0 Å². The summed E-state index contributed by atoms with van der Waals surface area (Å²) < 4.78 is 0. The first kappa shape index (κ1) is 13.2. The van der Waals surface area contributed by atoms with Crippen molar-refractivity contribution in [2.75, 3.05) is 0 Å². The van der Waals surface area contributed by atoms with Crippen molar-refractivity contribution in [3.63, 3.8) is 0 Å². The minimum atomic E-state index is 0. The van der Waals surface area contributed by atoms with Crippen LogP contribution in [-0.2, 0) is 6.42 Å². The zero-order valence-corrected chi connectivity index (χ0v) is 8.69. The number of hydrogen-bond donors (Lipinski definition) is 0. The van der Waals surface area contributed by atoms with Crippen LogP contribution in [0.25, 0.3) is 11.1 Å². The molecular weight excluding hydrogens is 203 g/mol. The van der Waals surface area contributed by atoms with Gasteiger partial charge in [-0.1, -0.05) is 60.7 Å². The van der Waals surface area contributed by atoms with Crippen LogP contribution in [0.15, 0.2) is 67.3 Å². The Morgan fingerprint density at radius 1 is 0.875 bits per heavy atom. The monoisotopic (exact) mass is 218 g/mol. The Hall–Kier alpha value is -0.820. The number of rotatable bonds is 3. The fourth-order valence-corrected chi connectivity index (χ4v) is 1.75. The molecule has 1 heteroatoms. The second kappa shape index (κ2) is 6.70. The van der Waals surface area contributed by atoms with Crippen LogP contribution >= 0.6 is 0 Å². The van der Waals surface area contributed by atoms with Crippen molar-refractivity contribution in [3.05, 3.63) is 72.8 Å². The van der Waals surface area contributed by atoms with E-state index in [0.29, 0.717) is 0 Å².